The minimum Gasteiger partial charge on any atom is -0.433 e. The van der Waals surface area contributed by atoms with Crippen LogP contribution in [0, 0.1) is 0 Å². The van der Waals surface area contributed by atoms with Crippen molar-refractivity contribution in [3.8, 4) is 5.75 Å². The van der Waals surface area contributed by atoms with Crippen LogP contribution in [-0.2, 0) is 4.79 Å². The Kier molecular flexibility index (Phi) is 7.20. The van der Waals surface area contributed by atoms with E-state index in [1.807, 2.05) is 0 Å². The average molecular weight is 418 g/mol. The molecule has 0 saturated carbocycles. The Morgan fingerprint density at radius 3 is 2.41 bits per heavy atom. The van der Waals surface area contributed by atoms with Crippen LogP contribution < -0.4 is 21.1 Å². The molecule has 0 aromatic heterocycles. The summed E-state index contributed by atoms with van der Waals surface area (Å²) in [5.74, 6) is -0.693. The highest BCUT2D eigenvalue weighted by Crippen LogP contribution is 2.30. The molecule has 0 aliphatic rings. The first-order valence-electron chi connectivity index (χ1n) is 7.61. The molecule has 1 atom stereocenters. The topological polar surface area (TPSA) is 93.5 Å². The second kappa shape index (κ2) is 9.38. The number of anilines is 1. The summed E-state index contributed by atoms with van der Waals surface area (Å²) in [5.41, 5.74) is 5.96. The summed E-state index contributed by atoms with van der Waals surface area (Å²) < 4.78 is 28.7. The Bertz CT molecular complexity index is 837. The Morgan fingerprint density at radius 1 is 1.11 bits per heavy atom. The SMILES string of the molecule is NC(=O)NC(CC(=O)Nc1ccc(OC(F)F)c(Cl)c1)c1ccccc1Cl. The number of halogens is 4. The van der Waals surface area contributed by atoms with Gasteiger partial charge in [0.15, 0.2) is 0 Å². The molecule has 0 spiro atoms. The molecule has 0 heterocycles. The van der Waals surface area contributed by atoms with Crippen molar-refractivity contribution in [1.29, 1.82) is 0 Å². The molecule has 1 unspecified atom stereocenters. The number of nitrogens with two attached hydrogens (primary N) is 1. The largest absolute Gasteiger partial charge is 0.433 e. The first-order valence-corrected chi connectivity index (χ1v) is 8.36. The summed E-state index contributed by atoms with van der Waals surface area (Å²) in [6.45, 7) is -3.01. The molecule has 0 radical (unpaired) electrons. The molecule has 2 aromatic rings. The van der Waals surface area contributed by atoms with Gasteiger partial charge in [0.25, 0.3) is 0 Å². The summed E-state index contributed by atoms with van der Waals surface area (Å²) in [7, 11) is 0. The Labute approximate surface area is 163 Å². The molecule has 3 amide bonds. The number of alkyl halides is 2. The normalized spacial score (nSPS) is 11.7. The lowest BCUT2D eigenvalue weighted by Gasteiger charge is -2.19. The van der Waals surface area contributed by atoms with Crippen molar-refractivity contribution >= 4 is 40.8 Å². The zero-order chi connectivity index (χ0) is 20.0. The van der Waals surface area contributed by atoms with Crippen LogP contribution in [0.5, 0.6) is 5.75 Å². The van der Waals surface area contributed by atoms with Crippen molar-refractivity contribution in [1.82, 2.24) is 5.32 Å². The van der Waals surface area contributed by atoms with Gasteiger partial charge in [0.05, 0.1) is 17.5 Å². The molecule has 0 fully saturated rings. The maximum Gasteiger partial charge on any atom is 0.387 e. The number of primary amides is 1. The number of benzene rings is 2. The minimum absolute atomic E-state index is 0.0917. The summed E-state index contributed by atoms with van der Waals surface area (Å²) >= 11 is 12.0. The Balaban J connectivity index is 2.10. The molecule has 4 N–H and O–H groups in total. The van der Waals surface area contributed by atoms with Gasteiger partial charge >= 0.3 is 12.6 Å². The van der Waals surface area contributed by atoms with E-state index in [9.17, 15) is 18.4 Å². The maximum absolute atomic E-state index is 12.3. The van der Waals surface area contributed by atoms with Gasteiger partial charge < -0.3 is 21.1 Å². The Hall–Kier alpha value is -2.58. The molecule has 2 aromatic carbocycles. The van der Waals surface area contributed by atoms with Gasteiger partial charge in [-0.05, 0) is 29.8 Å². The minimum atomic E-state index is -3.01. The number of rotatable bonds is 7. The molecule has 0 bridgehead atoms. The highest BCUT2D eigenvalue weighted by atomic mass is 35.5. The van der Waals surface area contributed by atoms with Crippen LogP contribution in [0.4, 0.5) is 19.3 Å². The molecular formula is C17H15Cl2F2N3O3. The average Bonchev–Trinajstić information content (AvgIpc) is 2.56. The standard InChI is InChI=1S/C17H15Cl2F2N3O3/c18-11-4-2-1-3-10(11)13(24-17(22)26)8-15(25)23-9-5-6-14(12(19)7-9)27-16(20)21/h1-7,13,16H,8H2,(H,23,25)(H3,22,24,26). The lowest BCUT2D eigenvalue weighted by Crippen LogP contribution is -2.35. The number of carbonyl (C=O) groups is 2. The smallest absolute Gasteiger partial charge is 0.387 e. The third kappa shape index (κ3) is 6.26. The highest BCUT2D eigenvalue weighted by molar-refractivity contribution is 6.32. The van der Waals surface area contributed by atoms with Crippen molar-refractivity contribution < 1.29 is 23.1 Å². The van der Waals surface area contributed by atoms with E-state index in [4.69, 9.17) is 28.9 Å². The van der Waals surface area contributed by atoms with Gasteiger partial charge in [0.1, 0.15) is 5.75 Å². The van der Waals surface area contributed by atoms with Crippen LogP contribution in [0.2, 0.25) is 10.0 Å². The molecule has 0 aliphatic carbocycles. The molecule has 144 valence electrons. The summed E-state index contributed by atoms with van der Waals surface area (Å²) in [5, 5.41) is 5.28. The van der Waals surface area contributed by atoms with Crippen LogP contribution in [0.15, 0.2) is 42.5 Å². The third-order valence-corrected chi connectivity index (χ3v) is 4.06. The first-order chi connectivity index (χ1) is 12.8. The molecule has 0 aliphatic heterocycles. The van der Waals surface area contributed by atoms with Crippen LogP contribution in [0.3, 0.4) is 0 Å². The van der Waals surface area contributed by atoms with Crippen LogP contribution in [-0.4, -0.2) is 18.5 Å². The predicted molar refractivity (Wildman–Crippen MR) is 98.2 cm³/mol. The monoisotopic (exact) mass is 417 g/mol. The quantitative estimate of drug-likeness (QED) is 0.625. The summed E-state index contributed by atoms with van der Waals surface area (Å²) in [4.78, 5) is 23.6. The summed E-state index contributed by atoms with van der Waals surface area (Å²) in [6, 6.07) is 8.94. The fraction of sp³-hybridized carbons (Fsp3) is 0.176. The maximum atomic E-state index is 12.3. The number of amides is 3. The van der Waals surface area contributed by atoms with Crippen LogP contribution in [0.25, 0.3) is 0 Å². The number of hydrogen-bond donors (Lipinski definition) is 3. The van der Waals surface area contributed by atoms with E-state index in [-0.39, 0.29) is 22.9 Å². The predicted octanol–water partition coefficient (Wildman–Crippen LogP) is 4.33. The molecule has 0 saturated heterocycles. The van der Waals surface area contributed by atoms with Gasteiger partial charge in [-0.3, -0.25) is 4.79 Å². The zero-order valence-corrected chi connectivity index (χ0v) is 15.2. The third-order valence-electron chi connectivity index (χ3n) is 3.42. The van der Waals surface area contributed by atoms with E-state index in [0.29, 0.717) is 10.6 Å². The van der Waals surface area contributed by atoms with Crippen LogP contribution >= 0.6 is 23.2 Å². The van der Waals surface area contributed by atoms with Gasteiger partial charge in [0, 0.05) is 10.7 Å². The van der Waals surface area contributed by atoms with Crippen LogP contribution in [0.1, 0.15) is 18.0 Å². The fourth-order valence-electron chi connectivity index (χ4n) is 2.34. The second-order valence-corrected chi connectivity index (χ2v) is 6.17. The number of carbonyl (C=O) groups excluding carboxylic acids is 2. The second-order valence-electron chi connectivity index (χ2n) is 5.36. The molecule has 6 nitrogen and oxygen atoms in total. The zero-order valence-electron chi connectivity index (χ0n) is 13.7. The summed E-state index contributed by atoms with van der Waals surface area (Å²) in [6.07, 6.45) is -0.167. The van der Waals surface area contributed by atoms with E-state index in [1.54, 1.807) is 24.3 Å². The van der Waals surface area contributed by atoms with Crippen molar-refractivity contribution in [2.24, 2.45) is 5.73 Å². The van der Waals surface area contributed by atoms with Gasteiger partial charge in [-0.1, -0.05) is 41.4 Å². The molecule has 27 heavy (non-hydrogen) atoms. The molecule has 2 rings (SSSR count). The first kappa shape index (κ1) is 20.7. The van der Waals surface area contributed by atoms with Crippen molar-refractivity contribution in [2.75, 3.05) is 5.32 Å². The van der Waals surface area contributed by atoms with Gasteiger partial charge in [0.2, 0.25) is 5.91 Å². The van der Waals surface area contributed by atoms with E-state index in [1.165, 1.54) is 18.2 Å². The number of urea groups is 1. The molecular weight excluding hydrogens is 403 g/mol. The van der Waals surface area contributed by atoms with Crippen molar-refractivity contribution in [3.05, 3.63) is 58.1 Å². The van der Waals surface area contributed by atoms with E-state index < -0.39 is 24.6 Å². The highest BCUT2D eigenvalue weighted by Gasteiger charge is 2.20. The fourth-order valence-corrected chi connectivity index (χ4v) is 2.83. The lowest BCUT2D eigenvalue weighted by molar-refractivity contribution is -0.116. The van der Waals surface area contributed by atoms with Gasteiger partial charge in [-0.2, -0.15) is 8.78 Å². The Morgan fingerprint density at radius 2 is 1.81 bits per heavy atom. The van der Waals surface area contributed by atoms with E-state index in [2.05, 4.69) is 15.4 Å². The van der Waals surface area contributed by atoms with Gasteiger partial charge in [-0.15, -0.1) is 0 Å². The lowest BCUT2D eigenvalue weighted by atomic mass is 10.0. The van der Waals surface area contributed by atoms with Crippen molar-refractivity contribution in [2.45, 2.75) is 19.1 Å². The van der Waals surface area contributed by atoms with Gasteiger partial charge in [-0.25, -0.2) is 4.79 Å². The number of ether oxygens (including phenoxy) is 1. The van der Waals surface area contributed by atoms with Crippen molar-refractivity contribution in [3.63, 3.8) is 0 Å². The van der Waals surface area contributed by atoms with E-state index in [0.717, 1.165) is 0 Å². The van der Waals surface area contributed by atoms with E-state index >= 15 is 0 Å². The number of nitrogens with one attached hydrogen (secondary N) is 2. The molecule has 10 heteroatoms. The number of hydrogen-bond acceptors (Lipinski definition) is 3.